The smallest absolute Gasteiger partial charge is 0.341 e. The fraction of sp³-hybridized carbons (Fsp3) is 0.208. The second-order valence-corrected chi connectivity index (χ2v) is 8.11. The van der Waals surface area contributed by atoms with Gasteiger partial charge in [0.05, 0.1) is 0 Å². The van der Waals surface area contributed by atoms with E-state index in [1.807, 2.05) is 24.3 Å². The molecule has 0 radical (unpaired) electrons. The lowest BCUT2D eigenvalue weighted by atomic mass is 10.0. The largest absolute Gasteiger partial charge is 0.482 e. The minimum absolute atomic E-state index is 0.0766. The molecule has 1 heterocycles. The van der Waals surface area contributed by atoms with Crippen LogP contribution in [0.1, 0.15) is 28.9 Å². The van der Waals surface area contributed by atoms with Gasteiger partial charge in [-0.2, -0.15) is 0 Å². The van der Waals surface area contributed by atoms with Crippen LogP contribution in [-0.2, 0) is 11.2 Å². The predicted molar refractivity (Wildman–Crippen MR) is 137 cm³/mol. The van der Waals surface area contributed by atoms with Crippen LogP contribution in [0.3, 0.4) is 0 Å². The highest BCUT2D eigenvalue weighted by atomic mass is 35.5. The number of rotatable bonds is 10. The molecule has 0 saturated heterocycles. The van der Waals surface area contributed by atoms with Crippen molar-refractivity contribution in [3.8, 4) is 16.9 Å². The van der Waals surface area contributed by atoms with Crippen LogP contribution in [0.15, 0.2) is 48.5 Å². The molecule has 0 aliphatic rings. The molecule has 188 valence electrons. The third-order valence-electron chi connectivity index (χ3n) is 5.06. The van der Waals surface area contributed by atoms with Gasteiger partial charge in [-0.25, -0.2) is 14.8 Å². The Bertz CT molecular complexity index is 1230. The van der Waals surface area contributed by atoms with E-state index in [1.54, 1.807) is 12.1 Å². The fourth-order valence-corrected chi connectivity index (χ4v) is 3.37. The van der Waals surface area contributed by atoms with Gasteiger partial charge in [-0.3, -0.25) is 15.5 Å². The van der Waals surface area contributed by atoms with Crippen LogP contribution in [0, 0.1) is 5.41 Å². The van der Waals surface area contributed by atoms with Crippen LogP contribution >= 0.6 is 11.6 Å². The summed E-state index contributed by atoms with van der Waals surface area (Å²) in [4.78, 5) is 30.3. The molecule has 8 N–H and O–H groups in total. The number of aliphatic carboxylic acids is 1. The highest BCUT2D eigenvalue weighted by Gasteiger charge is 2.17. The molecular weight excluding hydrogens is 486 g/mol. The molecule has 3 rings (SSSR count). The number of carbonyl (C=O) groups excluding carboxylic acids is 1. The lowest BCUT2D eigenvalue weighted by molar-refractivity contribution is -0.139. The van der Waals surface area contributed by atoms with E-state index in [1.165, 1.54) is 5.56 Å². The van der Waals surface area contributed by atoms with Gasteiger partial charge in [-0.1, -0.05) is 48.0 Å². The number of guanidine groups is 1. The van der Waals surface area contributed by atoms with Crippen LogP contribution < -0.4 is 26.8 Å². The molecule has 0 spiro atoms. The Morgan fingerprint density at radius 2 is 1.61 bits per heavy atom. The van der Waals surface area contributed by atoms with E-state index in [9.17, 15) is 9.59 Å². The first-order valence-electron chi connectivity index (χ1n) is 11.0. The maximum Gasteiger partial charge on any atom is 0.341 e. The van der Waals surface area contributed by atoms with Crippen LogP contribution in [0.5, 0.6) is 5.75 Å². The van der Waals surface area contributed by atoms with Crippen molar-refractivity contribution in [1.82, 2.24) is 20.6 Å². The van der Waals surface area contributed by atoms with Crippen LogP contribution in [0.2, 0.25) is 5.15 Å². The minimum Gasteiger partial charge on any atom is -0.482 e. The number of anilines is 2. The number of halogens is 1. The fourth-order valence-electron chi connectivity index (χ4n) is 3.25. The van der Waals surface area contributed by atoms with Gasteiger partial charge in [0.2, 0.25) is 0 Å². The monoisotopic (exact) mass is 511 g/mol. The number of nitrogens with one attached hydrogen (secondary N) is 3. The minimum atomic E-state index is -1.02. The van der Waals surface area contributed by atoms with E-state index in [4.69, 9.17) is 38.3 Å². The zero-order chi connectivity index (χ0) is 26.1. The van der Waals surface area contributed by atoms with Gasteiger partial charge in [-0.15, -0.1) is 0 Å². The van der Waals surface area contributed by atoms with Gasteiger partial charge in [-0.05, 0) is 48.1 Å². The van der Waals surface area contributed by atoms with Gasteiger partial charge in [0.25, 0.3) is 5.91 Å². The molecule has 1 aromatic heterocycles. The third kappa shape index (κ3) is 7.57. The van der Waals surface area contributed by atoms with Crippen molar-refractivity contribution in [2.24, 2.45) is 0 Å². The Kier molecular flexibility index (Phi) is 9.01. The number of carbonyl (C=O) groups is 2. The van der Waals surface area contributed by atoms with Crippen molar-refractivity contribution in [2.45, 2.75) is 19.3 Å². The number of carboxylic acids is 1. The quantitative estimate of drug-likeness (QED) is 0.135. The summed E-state index contributed by atoms with van der Waals surface area (Å²) in [6.45, 7) is 0.125. The normalized spacial score (nSPS) is 10.5. The Labute approximate surface area is 212 Å². The number of hydrogen-bond donors (Lipinski definition) is 6. The summed E-state index contributed by atoms with van der Waals surface area (Å²) in [5.74, 6) is -1.65. The van der Waals surface area contributed by atoms with Crippen molar-refractivity contribution in [1.29, 1.82) is 5.41 Å². The molecule has 0 aliphatic heterocycles. The van der Waals surface area contributed by atoms with E-state index >= 15 is 0 Å². The summed E-state index contributed by atoms with van der Waals surface area (Å²) in [5, 5.41) is 21.6. The summed E-state index contributed by atoms with van der Waals surface area (Å²) >= 11 is 5.78. The number of nitrogens with zero attached hydrogens (tertiary/aromatic N) is 2. The number of aryl methyl sites for hydroxylation is 1. The molecule has 0 fully saturated rings. The van der Waals surface area contributed by atoms with Crippen LogP contribution in [-0.4, -0.2) is 46.1 Å². The number of nitrogen functional groups attached to an aromatic ring is 2. The van der Waals surface area contributed by atoms with Crippen LogP contribution in [0.25, 0.3) is 11.1 Å². The average molecular weight is 512 g/mol. The molecule has 0 aliphatic carbocycles. The van der Waals surface area contributed by atoms with Gasteiger partial charge >= 0.3 is 5.97 Å². The van der Waals surface area contributed by atoms with E-state index in [0.29, 0.717) is 12.3 Å². The van der Waals surface area contributed by atoms with Crippen molar-refractivity contribution in [3.63, 3.8) is 0 Å². The summed E-state index contributed by atoms with van der Waals surface area (Å²) < 4.78 is 5.15. The topological polar surface area (TPSA) is 189 Å². The lowest BCUT2D eigenvalue weighted by Crippen LogP contribution is -2.41. The maximum atomic E-state index is 12.2. The summed E-state index contributed by atoms with van der Waals surface area (Å²) in [7, 11) is 0. The third-order valence-corrected chi connectivity index (χ3v) is 5.33. The van der Waals surface area contributed by atoms with Crippen molar-refractivity contribution in [2.75, 3.05) is 24.6 Å². The molecule has 2 aromatic carbocycles. The van der Waals surface area contributed by atoms with Crippen molar-refractivity contribution in [3.05, 3.63) is 64.9 Å². The first-order chi connectivity index (χ1) is 17.2. The van der Waals surface area contributed by atoms with Crippen LogP contribution in [0.4, 0.5) is 11.6 Å². The average Bonchev–Trinajstić information content (AvgIpc) is 2.85. The first-order valence-corrected chi connectivity index (χ1v) is 11.4. The first kappa shape index (κ1) is 26.2. The number of amides is 1. The SMILES string of the molecule is N=C(NCCCCc1ccc(-c2ccc(OCC(=O)O)cc2)cc1)NC(=O)c1nc(Cl)c(N)nc1N. The molecule has 1 amide bonds. The number of unbranched alkanes of at least 4 members (excludes halogenated alkanes) is 1. The summed E-state index contributed by atoms with van der Waals surface area (Å²) in [6, 6.07) is 15.4. The Balaban J connectivity index is 1.38. The number of benzene rings is 2. The van der Waals surface area contributed by atoms with E-state index in [-0.39, 0.29) is 35.0 Å². The summed E-state index contributed by atoms with van der Waals surface area (Å²) in [5.41, 5.74) is 14.2. The zero-order valence-electron chi connectivity index (χ0n) is 19.3. The highest BCUT2D eigenvalue weighted by Crippen LogP contribution is 2.23. The number of aromatic nitrogens is 2. The van der Waals surface area contributed by atoms with E-state index in [2.05, 4.69) is 32.7 Å². The van der Waals surface area contributed by atoms with Gasteiger partial charge in [0.15, 0.2) is 35.0 Å². The Morgan fingerprint density at radius 3 is 2.25 bits per heavy atom. The van der Waals surface area contributed by atoms with Gasteiger partial charge in [0.1, 0.15) is 5.75 Å². The summed E-state index contributed by atoms with van der Waals surface area (Å²) in [6.07, 6.45) is 2.53. The zero-order valence-corrected chi connectivity index (χ0v) is 20.0. The highest BCUT2D eigenvalue weighted by molar-refractivity contribution is 6.31. The number of nitrogens with two attached hydrogens (primary N) is 2. The molecule has 12 heteroatoms. The molecule has 3 aromatic rings. The van der Waals surface area contributed by atoms with Crippen molar-refractivity contribution >= 4 is 41.1 Å². The number of carboxylic acid groups (broad SMARTS) is 1. The Morgan fingerprint density at radius 1 is 0.972 bits per heavy atom. The number of hydrogen-bond acceptors (Lipinski definition) is 8. The second kappa shape index (κ2) is 12.4. The standard InChI is InChI=1S/C24H26ClN7O4/c25-20-22(27)31-21(26)19(30-20)23(35)32-24(28)29-12-2-1-3-14-4-6-15(7-5-14)16-8-10-17(11-9-16)36-13-18(33)34/h4-11H,1-3,12-13H2,(H,33,34)(H4,26,27,31)(H3,28,29,32,35). The molecule has 0 saturated carbocycles. The van der Waals surface area contributed by atoms with Gasteiger partial charge in [0, 0.05) is 6.54 Å². The molecule has 11 nitrogen and oxygen atoms in total. The van der Waals surface area contributed by atoms with E-state index < -0.39 is 11.9 Å². The van der Waals surface area contributed by atoms with Gasteiger partial charge < -0.3 is 26.6 Å². The maximum absolute atomic E-state index is 12.2. The molecule has 0 unspecified atom stereocenters. The number of ether oxygens (including phenoxy) is 1. The molecule has 0 bridgehead atoms. The molecular formula is C24H26ClN7O4. The molecule has 0 atom stereocenters. The van der Waals surface area contributed by atoms with Crippen molar-refractivity contribution < 1.29 is 19.4 Å². The lowest BCUT2D eigenvalue weighted by Gasteiger charge is -2.10. The predicted octanol–water partition coefficient (Wildman–Crippen LogP) is 2.70. The molecule has 36 heavy (non-hydrogen) atoms. The Hall–Kier alpha value is -4.38. The van der Waals surface area contributed by atoms with E-state index in [0.717, 1.165) is 30.4 Å². The second-order valence-electron chi connectivity index (χ2n) is 7.75.